The Morgan fingerprint density at radius 2 is 2.08 bits per heavy atom. The summed E-state index contributed by atoms with van der Waals surface area (Å²) in [6.07, 6.45) is 1.76. The number of aromatic nitrogens is 2. The molecule has 0 spiro atoms. The number of benzene rings is 1. The first-order valence-electron chi connectivity index (χ1n) is 7.91. The lowest BCUT2D eigenvalue weighted by Crippen LogP contribution is -2.30. The fourth-order valence-electron chi connectivity index (χ4n) is 2.13. The van der Waals surface area contributed by atoms with E-state index in [0.29, 0.717) is 24.0 Å². The maximum Gasteiger partial charge on any atom is 0.257 e. The molecule has 0 saturated carbocycles. The Morgan fingerprint density at radius 1 is 1.35 bits per heavy atom. The van der Waals surface area contributed by atoms with Crippen molar-refractivity contribution >= 4 is 44.2 Å². The Morgan fingerprint density at radius 3 is 2.73 bits per heavy atom. The number of carbonyl (C=O) groups is 1. The van der Waals surface area contributed by atoms with Gasteiger partial charge in [0.05, 0.1) is 4.90 Å². The molecule has 2 rings (SSSR count). The standard InChI is InChI=1S/C16H20N4O3S3/c1-4-10-24-16-19-18-15(25-16)17-14(21)12-8-7-9-13(11-12)26(22,23)20(5-2)6-3/h4,7-9,11H,1,5-6,10H2,2-3H3,(H,17,18,21). The Labute approximate surface area is 161 Å². The van der Waals surface area contributed by atoms with Crippen LogP contribution in [0, 0.1) is 0 Å². The molecule has 1 aromatic heterocycles. The zero-order chi connectivity index (χ0) is 19.2. The molecule has 0 radical (unpaired) electrons. The number of nitrogens with zero attached hydrogens (tertiary/aromatic N) is 3. The highest BCUT2D eigenvalue weighted by atomic mass is 32.2. The van der Waals surface area contributed by atoms with Gasteiger partial charge in [-0.15, -0.1) is 16.8 Å². The van der Waals surface area contributed by atoms with Crippen molar-refractivity contribution in [2.24, 2.45) is 0 Å². The normalized spacial score (nSPS) is 11.5. The SMILES string of the molecule is C=CCSc1nnc(NC(=O)c2cccc(S(=O)(=O)N(CC)CC)c2)s1. The molecule has 0 aliphatic rings. The van der Waals surface area contributed by atoms with E-state index in [9.17, 15) is 13.2 Å². The number of sulfonamides is 1. The van der Waals surface area contributed by atoms with E-state index in [1.165, 1.54) is 39.5 Å². The van der Waals surface area contributed by atoms with Gasteiger partial charge in [0.15, 0.2) is 4.34 Å². The van der Waals surface area contributed by atoms with Crippen molar-refractivity contribution in [1.29, 1.82) is 0 Å². The number of carbonyl (C=O) groups excluding carboxylic acids is 1. The fourth-order valence-corrected chi connectivity index (χ4v) is 5.14. The van der Waals surface area contributed by atoms with Crippen LogP contribution in [-0.4, -0.2) is 47.7 Å². The van der Waals surface area contributed by atoms with Gasteiger partial charge < -0.3 is 0 Å². The lowest BCUT2D eigenvalue weighted by molar-refractivity contribution is 0.102. The average Bonchev–Trinajstić information content (AvgIpc) is 3.08. The van der Waals surface area contributed by atoms with Gasteiger partial charge in [0.2, 0.25) is 15.2 Å². The summed E-state index contributed by atoms with van der Waals surface area (Å²) in [6, 6.07) is 5.97. The molecule has 7 nitrogen and oxygen atoms in total. The van der Waals surface area contributed by atoms with Crippen molar-refractivity contribution in [3.05, 3.63) is 42.5 Å². The van der Waals surface area contributed by atoms with Crippen LogP contribution in [0.3, 0.4) is 0 Å². The van der Waals surface area contributed by atoms with Crippen molar-refractivity contribution in [2.75, 3.05) is 24.2 Å². The van der Waals surface area contributed by atoms with Crippen molar-refractivity contribution in [2.45, 2.75) is 23.1 Å². The van der Waals surface area contributed by atoms with Crippen LogP contribution in [0.5, 0.6) is 0 Å². The molecule has 0 saturated heterocycles. The van der Waals surface area contributed by atoms with Gasteiger partial charge in [-0.2, -0.15) is 4.31 Å². The van der Waals surface area contributed by atoms with Gasteiger partial charge >= 0.3 is 0 Å². The molecule has 1 amide bonds. The van der Waals surface area contributed by atoms with Crippen molar-refractivity contribution in [3.63, 3.8) is 0 Å². The van der Waals surface area contributed by atoms with E-state index in [1.54, 1.807) is 32.1 Å². The molecule has 1 aromatic carbocycles. The van der Waals surface area contributed by atoms with Gasteiger partial charge in [0.25, 0.3) is 5.91 Å². The van der Waals surface area contributed by atoms with Crippen LogP contribution in [0.2, 0.25) is 0 Å². The summed E-state index contributed by atoms with van der Waals surface area (Å²) in [5.41, 5.74) is 0.244. The first-order valence-corrected chi connectivity index (χ1v) is 11.1. The van der Waals surface area contributed by atoms with Crippen molar-refractivity contribution in [3.8, 4) is 0 Å². The van der Waals surface area contributed by atoms with E-state index in [0.717, 1.165) is 4.34 Å². The number of hydrogen-bond donors (Lipinski definition) is 1. The maximum atomic E-state index is 12.6. The first kappa shape index (κ1) is 20.6. The molecule has 0 aliphatic carbocycles. The van der Waals surface area contributed by atoms with E-state index in [4.69, 9.17) is 0 Å². The van der Waals surface area contributed by atoms with Crippen LogP contribution in [0.25, 0.3) is 0 Å². The van der Waals surface area contributed by atoms with E-state index in [1.807, 2.05) is 0 Å². The molecule has 1 heterocycles. The third-order valence-corrected chi connectivity index (χ3v) is 7.40. The summed E-state index contributed by atoms with van der Waals surface area (Å²) in [5.74, 6) is 0.270. The quantitative estimate of drug-likeness (QED) is 0.386. The van der Waals surface area contributed by atoms with Gasteiger partial charge in [-0.1, -0.05) is 49.1 Å². The van der Waals surface area contributed by atoms with E-state index in [2.05, 4.69) is 22.1 Å². The Kier molecular flexibility index (Phi) is 7.33. The van der Waals surface area contributed by atoms with Crippen molar-refractivity contribution < 1.29 is 13.2 Å². The van der Waals surface area contributed by atoms with Crippen LogP contribution in [0.4, 0.5) is 5.13 Å². The molecule has 1 N–H and O–H groups in total. The van der Waals surface area contributed by atoms with E-state index in [-0.39, 0.29) is 10.5 Å². The smallest absolute Gasteiger partial charge is 0.257 e. The summed E-state index contributed by atoms with van der Waals surface area (Å²) in [5, 5.41) is 10.9. The number of thioether (sulfide) groups is 1. The van der Waals surface area contributed by atoms with E-state index < -0.39 is 15.9 Å². The fraction of sp³-hybridized carbons (Fsp3) is 0.312. The van der Waals surface area contributed by atoms with Crippen LogP contribution in [0.15, 0.2) is 46.2 Å². The maximum absolute atomic E-state index is 12.6. The number of nitrogens with one attached hydrogen (secondary N) is 1. The zero-order valence-electron chi connectivity index (χ0n) is 14.5. The Balaban J connectivity index is 2.17. The lowest BCUT2D eigenvalue weighted by atomic mass is 10.2. The molecule has 0 fully saturated rings. The molecule has 0 bridgehead atoms. The zero-order valence-corrected chi connectivity index (χ0v) is 17.0. The number of anilines is 1. The molecule has 26 heavy (non-hydrogen) atoms. The van der Waals surface area contributed by atoms with Gasteiger partial charge in [-0.3, -0.25) is 10.1 Å². The first-order chi connectivity index (χ1) is 12.4. The largest absolute Gasteiger partial charge is 0.296 e. The second-order valence-electron chi connectivity index (χ2n) is 5.04. The minimum Gasteiger partial charge on any atom is -0.296 e. The summed E-state index contributed by atoms with van der Waals surface area (Å²) < 4.78 is 27.3. The van der Waals surface area contributed by atoms with E-state index >= 15 is 0 Å². The summed E-state index contributed by atoms with van der Waals surface area (Å²) >= 11 is 2.72. The predicted octanol–water partition coefficient (Wildman–Crippen LogP) is 3.10. The Hall–Kier alpha value is -1.75. The topological polar surface area (TPSA) is 92.3 Å². The highest BCUT2D eigenvalue weighted by Gasteiger charge is 2.22. The highest BCUT2D eigenvalue weighted by Crippen LogP contribution is 2.26. The molecule has 2 aromatic rings. The number of amides is 1. The molecule has 140 valence electrons. The average molecular weight is 413 g/mol. The molecule has 0 aliphatic heterocycles. The third-order valence-electron chi connectivity index (χ3n) is 3.39. The van der Waals surface area contributed by atoms with Crippen LogP contribution >= 0.6 is 23.1 Å². The van der Waals surface area contributed by atoms with Gasteiger partial charge in [-0.05, 0) is 18.2 Å². The van der Waals surface area contributed by atoms with Crippen LogP contribution < -0.4 is 5.32 Å². The monoisotopic (exact) mass is 412 g/mol. The minimum atomic E-state index is -3.62. The summed E-state index contributed by atoms with van der Waals surface area (Å²) in [7, 11) is -3.62. The highest BCUT2D eigenvalue weighted by molar-refractivity contribution is 8.01. The summed E-state index contributed by atoms with van der Waals surface area (Å²) in [6.45, 7) is 7.91. The van der Waals surface area contributed by atoms with Crippen LogP contribution in [-0.2, 0) is 10.0 Å². The van der Waals surface area contributed by atoms with Gasteiger partial charge in [-0.25, -0.2) is 8.42 Å². The number of rotatable bonds is 9. The lowest BCUT2D eigenvalue weighted by Gasteiger charge is -2.18. The second kappa shape index (κ2) is 9.26. The van der Waals surface area contributed by atoms with Gasteiger partial charge in [0, 0.05) is 24.4 Å². The predicted molar refractivity (Wildman–Crippen MR) is 105 cm³/mol. The van der Waals surface area contributed by atoms with Gasteiger partial charge in [0.1, 0.15) is 0 Å². The second-order valence-corrected chi connectivity index (χ2v) is 9.23. The molecule has 0 unspecified atom stereocenters. The molecular weight excluding hydrogens is 392 g/mol. The summed E-state index contributed by atoms with van der Waals surface area (Å²) in [4.78, 5) is 12.5. The molecular formula is C16H20N4O3S3. The molecule has 0 atom stereocenters. The Bertz CT molecular complexity index is 876. The van der Waals surface area contributed by atoms with Crippen LogP contribution in [0.1, 0.15) is 24.2 Å². The number of hydrogen-bond acceptors (Lipinski definition) is 7. The third kappa shape index (κ3) is 4.91. The van der Waals surface area contributed by atoms with Crippen molar-refractivity contribution in [1.82, 2.24) is 14.5 Å². The minimum absolute atomic E-state index is 0.0911. The molecule has 10 heteroatoms.